The van der Waals surface area contributed by atoms with Crippen molar-refractivity contribution >= 4 is 41.0 Å². The molecule has 0 atom stereocenters. The highest BCUT2D eigenvalue weighted by Crippen LogP contribution is 2.48. The molecular weight excluding hydrogens is 425 g/mol. The fourth-order valence-corrected chi connectivity index (χ4v) is 5.31. The molecule has 28 heavy (non-hydrogen) atoms. The van der Waals surface area contributed by atoms with Crippen LogP contribution in [0.4, 0.5) is 18.9 Å². The molecule has 4 rings (SSSR count). The van der Waals surface area contributed by atoms with Gasteiger partial charge in [-0.25, -0.2) is 0 Å². The van der Waals surface area contributed by atoms with Crippen LogP contribution in [-0.2, 0) is 11.7 Å². The van der Waals surface area contributed by atoms with Crippen LogP contribution in [0, 0.1) is 11.6 Å². The van der Waals surface area contributed by atoms with E-state index in [1.165, 1.54) is 17.6 Å². The minimum absolute atomic E-state index is 0.327. The van der Waals surface area contributed by atoms with Gasteiger partial charge < -0.3 is 5.32 Å². The first kappa shape index (κ1) is 19.5. The summed E-state index contributed by atoms with van der Waals surface area (Å²) in [5.41, 5.74) is 3.00. The lowest BCUT2D eigenvalue weighted by Crippen LogP contribution is -2.30. The zero-order valence-corrected chi connectivity index (χ0v) is 17.6. The van der Waals surface area contributed by atoms with Crippen LogP contribution in [0.3, 0.4) is 0 Å². The summed E-state index contributed by atoms with van der Waals surface area (Å²) in [5.74, 6) is 0. The molecule has 0 aliphatic carbocycles. The molecule has 2 heterocycles. The highest BCUT2D eigenvalue weighted by molar-refractivity contribution is 7.71. The number of nitrogens with zero attached hydrogens (tertiary/aromatic N) is 1. The smallest absolute Gasteiger partial charge is 0.375 e. The van der Waals surface area contributed by atoms with Crippen molar-refractivity contribution < 1.29 is 13.2 Å². The SMILES string of the molecule is Cc1ccc2c(c1)-c1c(sn(-c3ccc(Cl)c(C(F)(F)F)c3)c1=S)C(C)(C)N2. The largest absolute Gasteiger partial charge is 0.417 e. The molecule has 0 fully saturated rings. The van der Waals surface area contributed by atoms with Gasteiger partial charge in [-0.1, -0.05) is 47.0 Å². The Balaban J connectivity index is 1.98. The van der Waals surface area contributed by atoms with Crippen LogP contribution in [0.1, 0.15) is 29.9 Å². The molecule has 2 aromatic carbocycles. The van der Waals surface area contributed by atoms with Gasteiger partial charge in [0.25, 0.3) is 0 Å². The molecule has 1 aliphatic heterocycles. The van der Waals surface area contributed by atoms with Crippen molar-refractivity contribution in [2.24, 2.45) is 0 Å². The van der Waals surface area contributed by atoms with E-state index in [9.17, 15) is 13.2 Å². The van der Waals surface area contributed by atoms with Crippen LogP contribution in [-0.4, -0.2) is 3.96 Å². The zero-order valence-electron chi connectivity index (χ0n) is 15.2. The maximum Gasteiger partial charge on any atom is 0.417 e. The Morgan fingerprint density at radius 2 is 1.86 bits per heavy atom. The number of hydrogen-bond acceptors (Lipinski definition) is 3. The van der Waals surface area contributed by atoms with Crippen molar-refractivity contribution in [2.45, 2.75) is 32.5 Å². The van der Waals surface area contributed by atoms with Gasteiger partial charge in [-0.2, -0.15) is 13.2 Å². The third-order valence-electron chi connectivity index (χ3n) is 4.76. The maximum atomic E-state index is 13.3. The van der Waals surface area contributed by atoms with Crippen molar-refractivity contribution in [1.29, 1.82) is 0 Å². The highest BCUT2D eigenvalue weighted by Gasteiger charge is 2.36. The first-order valence-corrected chi connectivity index (χ1v) is 10.1. The van der Waals surface area contributed by atoms with E-state index in [1.807, 2.05) is 39.0 Å². The zero-order chi connectivity index (χ0) is 20.4. The summed E-state index contributed by atoms with van der Waals surface area (Å²) in [6, 6.07) is 9.96. The second-order valence-corrected chi connectivity index (χ2v) is 9.11. The normalized spacial score (nSPS) is 15.0. The third-order valence-corrected chi connectivity index (χ3v) is 7.06. The third kappa shape index (κ3) is 3.06. The topological polar surface area (TPSA) is 17.0 Å². The molecule has 0 unspecified atom stereocenters. The lowest BCUT2D eigenvalue weighted by molar-refractivity contribution is -0.137. The average molecular weight is 441 g/mol. The van der Waals surface area contributed by atoms with Gasteiger partial charge in [0.2, 0.25) is 0 Å². The first-order chi connectivity index (χ1) is 13.0. The van der Waals surface area contributed by atoms with Gasteiger partial charge in [-0.15, -0.1) is 0 Å². The minimum atomic E-state index is -4.53. The number of anilines is 1. The molecule has 2 nitrogen and oxygen atoms in total. The molecule has 0 radical (unpaired) electrons. The second-order valence-electron chi connectivity index (χ2n) is 7.36. The Kier molecular flexibility index (Phi) is 4.41. The number of nitrogens with one attached hydrogen (secondary N) is 1. The molecule has 8 heteroatoms. The van der Waals surface area contributed by atoms with Crippen LogP contribution in [0.15, 0.2) is 36.4 Å². The second kappa shape index (κ2) is 6.34. The first-order valence-electron chi connectivity index (χ1n) is 8.52. The molecule has 146 valence electrons. The van der Waals surface area contributed by atoms with Gasteiger partial charge in [0.05, 0.1) is 26.7 Å². The van der Waals surface area contributed by atoms with Crippen molar-refractivity contribution in [2.75, 3.05) is 5.32 Å². The van der Waals surface area contributed by atoms with E-state index in [0.717, 1.165) is 33.3 Å². The Labute approximate surface area is 174 Å². The number of hydrogen-bond donors (Lipinski definition) is 1. The van der Waals surface area contributed by atoms with Gasteiger partial charge in [-0.05, 0) is 51.1 Å². The van der Waals surface area contributed by atoms with E-state index in [-0.39, 0.29) is 5.02 Å². The van der Waals surface area contributed by atoms with E-state index >= 15 is 0 Å². The van der Waals surface area contributed by atoms with Crippen LogP contribution >= 0.6 is 35.4 Å². The monoisotopic (exact) mass is 440 g/mol. The molecule has 1 N–H and O–H groups in total. The lowest BCUT2D eigenvalue weighted by atomic mass is 9.89. The standard InChI is InChI=1S/C20H16ClF3N2S2/c1-10-4-7-15-12(8-10)16-17(19(2,3)25-15)28-26(18(16)27)11-5-6-14(21)13(9-11)20(22,23)24/h4-9,25H,1-3H3. The predicted molar refractivity (Wildman–Crippen MR) is 111 cm³/mol. The van der Waals surface area contributed by atoms with Gasteiger partial charge in [0, 0.05) is 16.8 Å². The van der Waals surface area contributed by atoms with E-state index < -0.39 is 17.3 Å². The number of aryl methyl sites for hydroxylation is 1. The molecule has 1 aliphatic rings. The highest BCUT2D eigenvalue weighted by atomic mass is 35.5. The molecule has 0 saturated heterocycles. The lowest BCUT2D eigenvalue weighted by Gasteiger charge is -2.33. The van der Waals surface area contributed by atoms with Crippen LogP contribution < -0.4 is 5.32 Å². The quantitative estimate of drug-likeness (QED) is 0.393. The summed E-state index contributed by atoms with van der Waals surface area (Å²) in [4.78, 5) is 0.985. The minimum Gasteiger partial charge on any atom is -0.375 e. The summed E-state index contributed by atoms with van der Waals surface area (Å²) < 4.78 is 42.1. The number of rotatable bonds is 1. The summed E-state index contributed by atoms with van der Waals surface area (Å²) in [7, 11) is 0. The molecule has 0 amide bonds. The maximum absolute atomic E-state index is 13.3. The Bertz CT molecular complexity index is 1160. The van der Waals surface area contributed by atoms with E-state index in [1.54, 1.807) is 10.0 Å². The van der Waals surface area contributed by atoms with Crippen LogP contribution in [0.25, 0.3) is 16.8 Å². The Morgan fingerprint density at radius 1 is 1.14 bits per heavy atom. The van der Waals surface area contributed by atoms with E-state index in [0.29, 0.717) is 10.3 Å². The molecule has 0 saturated carbocycles. The number of alkyl halides is 3. The van der Waals surface area contributed by atoms with Crippen molar-refractivity contribution in [1.82, 2.24) is 3.96 Å². The molecular formula is C20H16ClF3N2S2. The van der Waals surface area contributed by atoms with Gasteiger partial charge in [0.1, 0.15) is 4.64 Å². The number of benzene rings is 2. The fraction of sp³-hybridized carbons (Fsp3) is 0.250. The van der Waals surface area contributed by atoms with E-state index in [4.69, 9.17) is 23.8 Å². The van der Waals surface area contributed by atoms with Crippen molar-refractivity contribution in [3.8, 4) is 16.8 Å². The van der Waals surface area contributed by atoms with Gasteiger partial charge >= 0.3 is 6.18 Å². The number of fused-ring (bicyclic) bond motifs is 3. The summed E-state index contributed by atoms with van der Waals surface area (Å²) in [5, 5.41) is 3.18. The summed E-state index contributed by atoms with van der Waals surface area (Å²) >= 11 is 12.9. The summed E-state index contributed by atoms with van der Waals surface area (Å²) in [6.45, 7) is 6.07. The Hall–Kier alpha value is -1.83. The Morgan fingerprint density at radius 3 is 2.54 bits per heavy atom. The van der Waals surface area contributed by atoms with Gasteiger partial charge in [-0.3, -0.25) is 3.96 Å². The van der Waals surface area contributed by atoms with Crippen LogP contribution in [0.2, 0.25) is 5.02 Å². The molecule has 0 spiro atoms. The van der Waals surface area contributed by atoms with Gasteiger partial charge in [0.15, 0.2) is 0 Å². The number of aromatic nitrogens is 1. The molecule has 1 aromatic heterocycles. The summed E-state index contributed by atoms with van der Waals surface area (Å²) in [6.07, 6.45) is -4.53. The fourth-order valence-electron chi connectivity index (χ4n) is 3.44. The van der Waals surface area contributed by atoms with Crippen molar-refractivity contribution in [3.05, 3.63) is 62.1 Å². The average Bonchev–Trinajstić information content (AvgIpc) is 2.94. The predicted octanol–water partition coefficient (Wildman–Crippen LogP) is 7.58. The molecule has 3 aromatic rings. The van der Waals surface area contributed by atoms with E-state index in [2.05, 4.69) is 5.32 Å². The van der Waals surface area contributed by atoms with Crippen LogP contribution in [0.5, 0.6) is 0 Å². The van der Waals surface area contributed by atoms with Crippen molar-refractivity contribution in [3.63, 3.8) is 0 Å². The number of halogens is 4. The molecule has 0 bridgehead atoms.